The number of imide groups is 1. The number of phenols is 1. The monoisotopic (exact) mass is 267 g/mol. The molecular formula is C10H6BrNO3. The van der Waals surface area contributed by atoms with E-state index in [-0.39, 0.29) is 10.2 Å². The molecule has 0 saturated carbocycles. The largest absolute Gasteiger partial charge is 0.508 e. The highest BCUT2D eigenvalue weighted by Gasteiger charge is 2.30. The summed E-state index contributed by atoms with van der Waals surface area (Å²) < 4.78 is 0.237. The summed E-state index contributed by atoms with van der Waals surface area (Å²) in [6, 6.07) is 5.85. The summed E-state index contributed by atoms with van der Waals surface area (Å²) >= 11 is 3.00. The van der Waals surface area contributed by atoms with Crippen LogP contribution in [0, 0.1) is 0 Å². The molecule has 1 aliphatic rings. The molecule has 0 radical (unpaired) electrons. The Hall–Kier alpha value is -1.62. The smallest absolute Gasteiger partial charge is 0.272 e. The molecule has 1 N–H and O–H groups in total. The van der Waals surface area contributed by atoms with Gasteiger partial charge in [-0.3, -0.25) is 9.59 Å². The van der Waals surface area contributed by atoms with Gasteiger partial charge in [-0.2, -0.15) is 0 Å². The minimum Gasteiger partial charge on any atom is -0.508 e. The average Bonchev–Trinajstić information content (AvgIpc) is 2.44. The van der Waals surface area contributed by atoms with Crippen LogP contribution < -0.4 is 4.90 Å². The summed E-state index contributed by atoms with van der Waals surface area (Å²) in [5.41, 5.74) is 0.438. The fourth-order valence-electron chi connectivity index (χ4n) is 1.29. The molecule has 1 aromatic carbocycles. The summed E-state index contributed by atoms with van der Waals surface area (Å²) in [6.07, 6.45) is 1.22. The summed E-state index contributed by atoms with van der Waals surface area (Å²) in [4.78, 5) is 24.0. The van der Waals surface area contributed by atoms with Crippen molar-refractivity contribution in [3.63, 3.8) is 0 Å². The number of nitrogens with zero attached hydrogens (tertiary/aromatic N) is 1. The summed E-state index contributed by atoms with van der Waals surface area (Å²) in [5, 5.41) is 9.07. The van der Waals surface area contributed by atoms with Crippen molar-refractivity contribution in [1.82, 2.24) is 0 Å². The average molecular weight is 268 g/mol. The molecule has 76 valence electrons. The standard InChI is InChI=1S/C10H6BrNO3/c11-8-5-9(14)12(10(8)15)6-1-3-7(13)4-2-6/h1-5,13H. The van der Waals surface area contributed by atoms with Gasteiger partial charge in [0.15, 0.2) is 0 Å². The molecule has 0 aliphatic carbocycles. The molecule has 5 heteroatoms. The number of phenolic OH excluding ortho intramolecular Hbond substituents is 1. The Labute approximate surface area is 93.9 Å². The summed E-state index contributed by atoms with van der Waals surface area (Å²) in [7, 11) is 0. The molecule has 15 heavy (non-hydrogen) atoms. The molecule has 0 aromatic heterocycles. The number of carbonyl (C=O) groups is 2. The van der Waals surface area contributed by atoms with Gasteiger partial charge >= 0.3 is 0 Å². The van der Waals surface area contributed by atoms with Crippen LogP contribution in [0.25, 0.3) is 0 Å². The maximum absolute atomic E-state index is 11.5. The Morgan fingerprint density at radius 3 is 2.20 bits per heavy atom. The van der Waals surface area contributed by atoms with Gasteiger partial charge in [0.25, 0.3) is 11.8 Å². The maximum Gasteiger partial charge on any atom is 0.272 e. The zero-order valence-corrected chi connectivity index (χ0v) is 9.06. The van der Waals surface area contributed by atoms with Gasteiger partial charge in [-0.05, 0) is 40.2 Å². The molecule has 1 aliphatic heterocycles. The Morgan fingerprint density at radius 2 is 1.73 bits per heavy atom. The van der Waals surface area contributed by atoms with E-state index in [9.17, 15) is 9.59 Å². The van der Waals surface area contributed by atoms with Crippen LogP contribution in [-0.4, -0.2) is 16.9 Å². The Bertz CT molecular complexity index is 464. The summed E-state index contributed by atoms with van der Waals surface area (Å²) in [5.74, 6) is -0.701. The number of anilines is 1. The third-order valence-corrected chi connectivity index (χ3v) is 2.55. The van der Waals surface area contributed by atoms with Crippen molar-refractivity contribution in [1.29, 1.82) is 0 Å². The van der Waals surface area contributed by atoms with E-state index in [0.29, 0.717) is 5.69 Å². The Kier molecular flexibility index (Phi) is 2.32. The lowest BCUT2D eigenvalue weighted by Crippen LogP contribution is -2.30. The molecule has 0 bridgehead atoms. The molecular weight excluding hydrogens is 262 g/mol. The van der Waals surface area contributed by atoms with Gasteiger partial charge in [-0.1, -0.05) is 0 Å². The second kappa shape index (κ2) is 3.51. The van der Waals surface area contributed by atoms with E-state index >= 15 is 0 Å². The van der Waals surface area contributed by atoms with Crippen LogP contribution in [0.5, 0.6) is 5.75 Å². The lowest BCUT2D eigenvalue weighted by atomic mass is 10.3. The number of rotatable bonds is 1. The minimum absolute atomic E-state index is 0.0878. The minimum atomic E-state index is -0.398. The van der Waals surface area contributed by atoms with Gasteiger partial charge in [0.05, 0.1) is 10.2 Å². The zero-order valence-electron chi connectivity index (χ0n) is 7.48. The second-order valence-electron chi connectivity index (χ2n) is 2.99. The van der Waals surface area contributed by atoms with E-state index < -0.39 is 11.8 Å². The molecule has 0 fully saturated rings. The fourth-order valence-corrected chi connectivity index (χ4v) is 1.66. The van der Waals surface area contributed by atoms with Gasteiger partial charge in [0.2, 0.25) is 0 Å². The van der Waals surface area contributed by atoms with E-state index in [4.69, 9.17) is 5.11 Å². The van der Waals surface area contributed by atoms with E-state index in [1.807, 2.05) is 0 Å². The normalized spacial score (nSPS) is 15.8. The third-order valence-electron chi connectivity index (χ3n) is 1.99. The Balaban J connectivity index is 2.38. The highest BCUT2D eigenvalue weighted by atomic mass is 79.9. The van der Waals surface area contributed by atoms with Gasteiger partial charge in [0.1, 0.15) is 5.75 Å². The first-order valence-electron chi connectivity index (χ1n) is 4.14. The van der Waals surface area contributed by atoms with Crippen LogP contribution in [0.2, 0.25) is 0 Å². The first-order chi connectivity index (χ1) is 7.09. The Morgan fingerprint density at radius 1 is 1.13 bits per heavy atom. The van der Waals surface area contributed by atoms with E-state index in [1.165, 1.54) is 30.3 Å². The van der Waals surface area contributed by atoms with E-state index in [2.05, 4.69) is 15.9 Å². The molecule has 4 nitrogen and oxygen atoms in total. The molecule has 2 rings (SSSR count). The number of hydrogen-bond acceptors (Lipinski definition) is 3. The molecule has 0 unspecified atom stereocenters. The quantitative estimate of drug-likeness (QED) is 0.786. The molecule has 1 heterocycles. The number of benzene rings is 1. The number of halogens is 1. The molecule has 2 amide bonds. The van der Waals surface area contributed by atoms with Gasteiger partial charge in [-0.15, -0.1) is 0 Å². The van der Waals surface area contributed by atoms with E-state index in [1.54, 1.807) is 0 Å². The molecule has 0 atom stereocenters. The highest BCUT2D eigenvalue weighted by Crippen LogP contribution is 2.26. The van der Waals surface area contributed by atoms with Crippen molar-refractivity contribution >= 4 is 33.4 Å². The van der Waals surface area contributed by atoms with Crippen molar-refractivity contribution in [2.75, 3.05) is 4.90 Å². The first kappa shape index (κ1) is 9.92. The van der Waals surface area contributed by atoms with Crippen LogP contribution in [0.1, 0.15) is 0 Å². The van der Waals surface area contributed by atoms with Crippen LogP contribution in [0.3, 0.4) is 0 Å². The van der Waals surface area contributed by atoms with Crippen LogP contribution >= 0.6 is 15.9 Å². The predicted molar refractivity (Wildman–Crippen MR) is 57.6 cm³/mol. The lowest BCUT2D eigenvalue weighted by molar-refractivity contribution is -0.120. The van der Waals surface area contributed by atoms with Crippen LogP contribution in [0.15, 0.2) is 34.8 Å². The topological polar surface area (TPSA) is 57.6 Å². The van der Waals surface area contributed by atoms with E-state index in [0.717, 1.165) is 4.90 Å². The zero-order chi connectivity index (χ0) is 11.0. The van der Waals surface area contributed by atoms with Crippen LogP contribution in [0.4, 0.5) is 5.69 Å². The first-order valence-corrected chi connectivity index (χ1v) is 4.93. The predicted octanol–water partition coefficient (Wildman–Crippen LogP) is 1.54. The van der Waals surface area contributed by atoms with Crippen molar-refractivity contribution < 1.29 is 14.7 Å². The van der Waals surface area contributed by atoms with Crippen molar-refractivity contribution in [2.24, 2.45) is 0 Å². The van der Waals surface area contributed by atoms with Crippen molar-refractivity contribution in [2.45, 2.75) is 0 Å². The lowest BCUT2D eigenvalue weighted by Gasteiger charge is -2.13. The highest BCUT2D eigenvalue weighted by molar-refractivity contribution is 9.12. The SMILES string of the molecule is O=C1C=C(Br)C(=O)N1c1ccc(O)cc1. The number of hydrogen-bond donors (Lipinski definition) is 1. The van der Waals surface area contributed by atoms with Gasteiger partial charge in [-0.25, -0.2) is 4.90 Å². The summed E-state index contributed by atoms with van der Waals surface area (Å²) in [6.45, 7) is 0. The fraction of sp³-hybridized carbons (Fsp3) is 0. The van der Waals surface area contributed by atoms with Gasteiger partial charge < -0.3 is 5.11 Å². The number of carbonyl (C=O) groups excluding carboxylic acids is 2. The second-order valence-corrected chi connectivity index (χ2v) is 3.84. The van der Waals surface area contributed by atoms with Crippen LogP contribution in [-0.2, 0) is 9.59 Å². The number of aromatic hydroxyl groups is 1. The molecule has 0 spiro atoms. The van der Waals surface area contributed by atoms with Gasteiger partial charge in [0, 0.05) is 6.08 Å². The molecule has 1 aromatic rings. The molecule has 0 saturated heterocycles. The van der Waals surface area contributed by atoms with Crippen molar-refractivity contribution in [3.8, 4) is 5.75 Å². The number of amides is 2. The third kappa shape index (κ3) is 1.66. The maximum atomic E-state index is 11.5. The van der Waals surface area contributed by atoms with Crippen molar-refractivity contribution in [3.05, 3.63) is 34.8 Å².